The van der Waals surface area contributed by atoms with Crippen molar-refractivity contribution in [3.8, 4) is 0 Å². The quantitative estimate of drug-likeness (QED) is 0.0340. The zero-order valence-electron chi connectivity index (χ0n) is 63.4. The molecule has 45 atom stereocenters. The SMILES string of the molecule is C[C@H](CC[C@@H](O[C@@H]1O[C@H](CO[C@@H]2O[C@H](CO[C@@H]3O[C@H](CO)[C@@H](O)[C@H](O)[C@H]3O)[C@@H](O)[C@H](O)[C@H]2O)[C@@H](O)[C@H](O)[C@H]1O)C(C)(C)O)[C@H]1CC[C@@]2(C)[C@@H]3CC=C4[C@@H](CC[C@H](O)[C@@]4(C)CO[C@@H]4O[C@H](CO[C@@H]5O[C@H](CO)[C@@H](O)[C@H](O)[C@H]5O)[C@@H](O)[C@H](O)[C@H]4O[C@@H]4O[C@H](CO)[C@@H](O[C@@H]5O[C@H](CO)[C@@H](O)[C@H](O)[C@H]5O)[C@H](O)[C@H]4O)[C@]3(C)C(=O)C[C@]12C. The monoisotopic (exact) mass is 1620 g/mol. The maximum absolute atomic E-state index is 15.7. The summed E-state index contributed by atoms with van der Waals surface area (Å²) in [7, 11) is 0. The molecule has 40 nitrogen and oxygen atoms in total. The van der Waals surface area contributed by atoms with Crippen LogP contribution in [0.25, 0.3) is 0 Å². The van der Waals surface area contributed by atoms with Crippen LogP contribution in [0.15, 0.2) is 11.6 Å². The molecule has 11 rings (SSSR count). The number of ether oxygens (including phenoxy) is 14. The largest absolute Gasteiger partial charge is 0.394 e. The lowest BCUT2D eigenvalue weighted by molar-refractivity contribution is -0.387. The van der Waals surface area contributed by atoms with Crippen LogP contribution in [0.4, 0.5) is 0 Å². The van der Waals surface area contributed by atoms with E-state index in [9.17, 15) is 128 Å². The average Bonchev–Trinajstić information content (AvgIpc) is 1.42. The molecule has 40 heteroatoms. The van der Waals surface area contributed by atoms with Gasteiger partial charge in [0.2, 0.25) is 0 Å². The summed E-state index contributed by atoms with van der Waals surface area (Å²) in [6.45, 7) is 7.09. The molecule has 0 aromatic carbocycles. The number of Topliss-reactive ketones (excluding diaryl/α,β-unsaturated/α-hetero) is 1. The minimum Gasteiger partial charge on any atom is -0.394 e. The molecule has 3 saturated carbocycles. The summed E-state index contributed by atoms with van der Waals surface area (Å²) in [6.07, 6.45) is -60.4. The lowest BCUT2D eigenvalue weighted by Gasteiger charge is -2.65. The number of ketones is 1. The molecule has 0 radical (unpaired) electrons. The van der Waals surface area contributed by atoms with Gasteiger partial charge in [-0.25, -0.2) is 0 Å². The first kappa shape index (κ1) is 90.6. The highest BCUT2D eigenvalue weighted by Gasteiger charge is 2.71. The van der Waals surface area contributed by atoms with Crippen molar-refractivity contribution in [1.82, 2.24) is 0 Å². The molecule has 25 N–H and O–H groups in total. The molecule has 112 heavy (non-hydrogen) atoms. The molecule has 7 saturated heterocycles. The van der Waals surface area contributed by atoms with Gasteiger partial charge in [0.1, 0.15) is 177 Å². The van der Waals surface area contributed by atoms with Gasteiger partial charge < -0.3 is 194 Å². The van der Waals surface area contributed by atoms with Gasteiger partial charge in [0.15, 0.2) is 44.0 Å². The Bertz CT molecular complexity index is 3080. The minimum atomic E-state index is -2.17. The smallest absolute Gasteiger partial charge is 0.187 e. The molecule has 0 amide bonds. The van der Waals surface area contributed by atoms with Gasteiger partial charge in [-0.15, -0.1) is 0 Å². The van der Waals surface area contributed by atoms with Crippen molar-refractivity contribution < 1.29 is 199 Å². The van der Waals surface area contributed by atoms with Crippen LogP contribution in [0.1, 0.15) is 99.8 Å². The van der Waals surface area contributed by atoms with Gasteiger partial charge in [-0.2, -0.15) is 0 Å². The summed E-state index contributed by atoms with van der Waals surface area (Å²) in [6, 6.07) is 0. The van der Waals surface area contributed by atoms with Gasteiger partial charge >= 0.3 is 0 Å². The fourth-order valence-electron chi connectivity index (χ4n) is 19.5. The van der Waals surface area contributed by atoms with E-state index in [1.165, 1.54) is 13.8 Å². The molecule has 0 spiro atoms. The highest BCUT2D eigenvalue weighted by Crippen LogP contribution is 2.74. The summed E-state index contributed by atoms with van der Waals surface area (Å²) in [4.78, 5) is 15.7. The number of carbonyl (C=O) groups excluding carboxylic acids is 1. The molecule has 0 aromatic heterocycles. The van der Waals surface area contributed by atoms with E-state index in [4.69, 9.17) is 66.3 Å². The maximum atomic E-state index is 15.7. The van der Waals surface area contributed by atoms with Crippen molar-refractivity contribution in [3.63, 3.8) is 0 Å². The fourth-order valence-corrected chi connectivity index (χ4v) is 19.5. The standard InChI is InChI=1S/C72H120O40/c1-25(8-13-39(68(2,3)98)110-64-56(95)50(89)44(83)34(108-64)22-101-63-55(94)49(88)43(82)33(107-63)21-99-61-53(92)46(85)40(79)29(17-73)103-61)26-14-15-70(5)36-11-9-27-28(72(36,7)38(78)16-71(26,70)6)10-12-37(77)69(27,4)24-102-67-60(51(90)45(84)35(109-67)23-100-62-54(93)47(86)41(80)30(18-74)104-62)112-66-58(97)52(91)59(32(20-76)106-66)111-65-57(96)48(87)42(81)31(19-75)105-65/h9,25-26,28-37,39-67,73-77,79-98H,8,10-24H2,1-7H3/t25-,26-,28-,29-,30-,31-,32-,33-,34-,35-,36+,37+,39-,40-,41-,42-,43-,44-,45-,46+,47+,48+,49+,50+,51+,52-,53-,54-,55-,56-,57-,58-,59-,60-,61-,62-,63-,64+,65+,66+,67-,69+,70+,71-,72+/m1/s1. The topological polar surface area (TPSA) is 652 Å². The summed E-state index contributed by atoms with van der Waals surface area (Å²) < 4.78 is 82.0. The van der Waals surface area contributed by atoms with Gasteiger partial charge in [0.05, 0.1) is 70.7 Å². The van der Waals surface area contributed by atoms with E-state index in [1.807, 2.05) is 13.0 Å². The van der Waals surface area contributed by atoms with E-state index in [1.54, 1.807) is 6.92 Å². The van der Waals surface area contributed by atoms with E-state index < -0.39 is 313 Å². The van der Waals surface area contributed by atoms with Crippen LogP contribution in [0, 0.1) is 45.3 Å². The second-order valence-corrected chi connectivity index (χ2v) is 34.1. The Morgan fingerprint density at radius 2 is 0.821 bits per heavy atom. The van der Waals surface area contributed by atoms with Crippen LogP contribution in [0.5, 0.6) is 0 Å². The van der Waals surface area contributed by atoms with Crippen molar-refractivity contribution in [3.05, 3.63) is 11.6 Å². The third kappa shape index (κ3) is 16.9. The van der Waals surface area contributed by atoms with E-state index in [2.05, 4.69) is 20.8 Å². The van der Waals surface area contributed by atoms with Crippen LogP contribution in [0.3, 0.4) is 0 Å². The summed E-state index contributed by atoms with van der Waals surface area (Å²) in [5.74, 6) is -0.946. The first-order chi connectivity index (χ1) is 52.6. The second-order valence-electron chi connectivity index (χ2n) is 34.1. The Morgan fingerprint density at radius 3 is 1.29 bits per heavy atom. The van der Waals surface area contributed by atoms with Gasteiger partial charge in [-0.3, -0.25) is 4.79 Å². The summed E-state index contributed by atoms with van der Waals surface area (Å²) in [5.41, 5.74) is -4.40. The van der Waals surface area contributed by atoms with E-state index in [0.717, 1.165) is 0 Å². The molecule has 0 aromatic rings. The number of allylic oxidation sites excluding steroid dienone is 1. The lowest BCUT2D eigenvalue weighted by Crippen LogP contribution is -2.67. The first-order valence-electron chi connectivity index (χ1n) is 38.6. The van der Waals surface area contributed by atoms with Gasteiger partial charge in [0.25, 0.3) is 0 Å². The third-order valence-corrected chi connectivity index (χ3v) is 26.9. The molecule has 7 aliphatic heterocycles. The number of fused-ring (bicyclic) bond motifs is 5. The van der Waals surface area contributed by atoms with Gasteiger partial charge in [-0.05, 0) is 93.3 Å². The Labute approximate surface area is 645 Å². The zero-order valence-corrected chi connectivity index (χ0v) is 63.4. The number of rotatable bonds is 27. The van der Waals surface area contributed by atoms with Crippen LogP contribution >= 0.6 is 0 Å². The summed E-state index contributed by atoms with van der Waals surface area (Å²) >= 11 is 0. The number of aliphatic hydroxyl groups excluding tert-OH is 24. The molecule has 7 heterocycles. The van der Waals surface area contributed by atoms with Gasteiger partial charge in [0, 0.05) is 17.3 Å². The average molecular weight is 1630 g/mol. The first-order valence-corrected chi connectivity index (χ1v) is 38.6. The van der Waals surface area contributed by atoms with Crippen molar-refractivity contribution in [2.45, 2.75) is 333 Å². The highest BCUT2D eigenvalue weighted by molar-refractivity contribution is 5.88. The molecular formula is C72H120O40. The minimum absolute atomic E-state index is 0.00934. The predicted molar refractivity (Wildman–Crippen MR) is 366 cm³/mol. The highest BCUT2D eigenvalue weighted by atomic mass is 16.8. The Balaban J connectivity index is 0.762. The molecule has 10 fully saturated rings. The van der Waals surface area contributed by atoms with E-state index in [0.29, 0.717) is 37.7 Å². The van der Waals surface area contributed by atoms with Crippen molar-refractivity contribution in [2.75, 3.05) is 52.9 Å². The Hall–Kier alpha value is -2.15. The molecule has 648 valence electrons. The van der Waals surface area contributed by atoms with Crippen LogP contribution < -0.4 is 0 Å². The molecule has 0 bridgehead atoms. The summed E-state index contributed by atoms with van der Waals surface area (Å²) in [5, 5.41) is 271. The predicted octanol–water partition coefficient (Wildman–Crippen LogP) is -10.6. The van der Waals surface area contributed by atoms with Crippen molar-refractivity contribution >= 4 is 5.78 Å². The third-order valence-electron chi connectivity index (χ3n) is 26.9. The maximum Gasteiger partial charge on any atom is 0.187 e. The molecule has 0 unspecified atom stereocenters. The molecule has 4 aliphatic carbocycles. The van der Waals surface area contributed by atoms with Gasteiger partial charge in [-0.1, -0.05) is 46.3 Å². The number of hydrogen-bond acceptors (Lipinski definition) is 40. The number of aliphatic hydroxyl groups is 25. The van der Waals surface area contributed by atoms with Crippen LogP contribution in [-0.4, -0.2) is 419 Å². The van der Waals surface area contributed by atoms with E-state index >= 15 is 4.79 Å². The van der Waals surface area contributed by atoms with Crippen molar-refractivity contribution in [1.29, 1.82) is 0 Å². The Morgan fingerprint density at radius 1 is 0.438 bits per heavy atom. The normalized spacial score (nSPS) is 52.1. The molecule has 11 aliphatic rings. The molecular weight excluding hydrogens is 1500 g/mol. The lowest BCUT2D eigenvalue weighted by atomic mass is 9.38. The van der Waals surface area contributed by atoms with Crippen LogP contribution in [0.2, 0.25) is 0 Å². The fraction of sp³-hybridized carbons (Fsp3) is 0.958. The van der Waals surface area contributed by atoms with Crippen LogP contribution in [-0.2, 0) is 71.1 Å². The number of hydrogen-bond donors (Lipinski definition) is 25. The second kappa shape index (κ2) is 35.9. The zero-order chi connectivity index (χ0) is 82.2. The Kier molecular flexibility index (Phi) is 29.0. The number of carbonyl (C=O) groups is 1. The van der Waals surface area contributed by atoms with Crippen molar-refractivity contribution in [2.24, 2.45) is 45.3 Å². The van der Waals surface area contributed by atoms with E-state index in [-0.39, 0.29) is 42.8 Å².